The van der Waals surface area contributed by atoms with E-state index in [0.717, 1.165) is 17.8 Å². The molecule has 0 aliphatic rings. The SMILES string of the molecule is Cc1nc(Oc2ccc(F)cc2)ccc1CNC(C)(C)C. The Bertz CT molecular complexity index is 603. The number of benzene rings is 1. The number of hydrogen-bond acceptors (Lipinski definition) is 3. The summed E-state index contributed by atoms with van der Waals surface area (Å²) in [6.45, 7) is 9.10. The predicted molar refractivity (Wildman–Crippen MR) is 82.0 cm³/mol. The average molecular weight is 288 g/mol. The molecule has 3 nitrogen and oxygen atoms in total. The Kier molecular flexibility index (Phi) is 4.58. The molecule has 2 rings (SSSR count). The van der Waals surface area contributed by atoms with E-state index in [-0.39, 0.29) is 11.4 Å². The molecular formula is C17H21FN2O. The lowest BCUT2D eigenvalue weighted by atomic mass is 10.1. The van der Waals surface area contributed by atoms with Crippen molar-refractivity contribution in [1.29, 1.82) is 0 Å². The maximum Gasteiger partial charge on any atom is 0.219 e. The number of nitrogens with one attached hydrogen (secondary N) is 1. The van der Waals surface area contributed by atoms with E-state index < -0.39 is 0 Å². The highest BCUT2D eigenvalue weighted by Crippen LogP contribution is 2.21. The first-order chi connectivity index (χ1) is 9.83. The van der Waals surface area contributed by atoms with Crippen LogP contribution in [0.15, 0.2) is 36.4 Å². The zero-order valence-electron chi connectivity index (χ0n) is 12.9. The number of halogens is 1. The average Bonchev–Trinajstić information content (AvgIpc) is 2.39. The second kappa shape index (κ2) is 6.22. The summed E-state index contributed by atoms with van der Waals surface area (Å²) in [5.74, 6) is 0.803. The topological polar surface area (TPSA) is 34.1 Å². The number of aromatic nitrogens is 1. The van der Waals surface area contributed by atoms with Crippen LogP contribution in [-0.4, -0.2) is 10.5 Å². The zero-order chi connectivity index (χ0) is 15.5. The van der Waals surface area contributed by atoms with E-state index in [2.05, 4.69) is 31.1 Å². The van der Waals surface area contributed by atoms with E-state index in [1.54, 1.807) is 12.1 Å². The maximum absolute atomic E-state index is 12.8. The van der Waals surface area contributed by atoms with Gasteiger partial charge in [-0.2, -0.15) is 0 Å². The molecule has 1 heterocycles. The van der Waals surface area contributed by atoms with Gasteiger partial charge in [0.2, 0.25) is 5.88 Å². The minimum atomic E-state index is -0.282. The van der Waals surface area contributed by atoms with Gasteiger partial charge in [0.1, 0.15) is 11.6 Å². The van der Waals surface area contributed by atoms with Crippen LogP contribution >= 0.6 is 0 Å². The lowest BCUT2D eigenvalue weighted by molar-refractivity contribution is 0.422. The van der Waals surface area contributed by atoms with E-state index in [4.69, 9.17) is 4.74 Å². The van der Waals surface area contributed by atoms with Gasteiger partial charge in [-0.05, 0) is 57.5 Å². The summed E-state index contributed by atoms with van der Waals surface area (Å²) in [6, 6.07) is 9.73. The Morgan fingerprint density at radius 3 is 2.33 bits per heavy atom. The van der Waals surface area contributed by atoms with Gasteiger partial charge in [0.25, 0.3) is 0 Å². The molecule has 0 saturated heterocycles. The van der Waals surface area contributed by atoms with Crippen LogP contribution < -0.4 is 10.1 Å². The third-order valence-electron chi connectivity index (χ3n) is 3.01. The van der Waals surface area contributed by atoms with Crippen molar-refractivity contribution >= 4 is 0 Å². The van der Waals surface area contributed by atoms with Gasteiger partial charge in [-0.15, -0.1) is 0 Å². The van der Waals surface area contributed by atoms with Crippen LogP contribution in [0.2, 0.25) is 0 Å². The Hall–Kier alpha value is -1.94. The summed E-state index contributed by atoms with van der Waals surface area (Å²) >= 11 is 0. The number of pyridine rings is 1. The van der Waals surface area contributed by atoms with Crippen molar-refractivity contribution in [3.8, 4) is 11.6 Å². The number of nitrogens with zero attached hydrogens (tertiary/aromatic N) is 1. The lowest BCUT2D eigenvalue weighted by Crippen LogP contribution is -2.35. The second-order valence-corrected chi connectivity index (χ2v) is 6.05. The Morgan fingerprint density at radius 1 is 1.10 bits per heavy atom. The number of rotatable bonds is 4. The molecule has 0 saturated carbocycles. The predicted octanol–water partition coefficient (Wildman–Crippen LogP) is 4.21. The maximum atomic E-state index is 12.8. The summed E-state index contributed by atoms with van der Waals surface area (Å²) in [5, 5.41) is 3.43. The molecular weight excluding hydrogens is 267 g/mol. The first kappa shape index (κ1) is 15.4. The number of ether oxygens (including phenoxy) is 1. The summed E-state index contributed by atoms with van der Waals surface area (Å²) in [6.07, 6.45) is 0. The molecule has 0 amide bonds. The van der Waals surface area contributed by atoms with E-state index in [0.29, 0.717) is 11.6 Å². The Balaban J connectivity index is 2.06. The van der Waals surface area contributed by atoms with Gasteiger partial charge in [-0.1, -0.05) is 6.07 Å². The van der Waals surface area contributed by atoms with Gasteiger partial charge in [0, 0.05) is 23.8 Å². The van der Waals surface area contributed by atoms with Crippen LogP contribution in [0.3, 0.4) is 0 Å². The van der Waals surface area contributed by atoms with Gasteiger partial charge in [-0.25, -0.2) is 9.37 Å². The largest absolute Gasteiger partial charge is 0.439 e. The van der Waals surface area contributed by atoms with Gasteiger partial charge in [0.05, 0.1) is 0 Å². The summed E-state index contributed by atoms with van der Waals surface area (Å²) in [5.41, 5.74) is 2.12. The zero-order valence-corrected chi connectivity index (χ0v) is 12.9. The van der Waals surface area contributed by atoms with Crippen LogP contribution in [0.25, 0.3) is 0 Å². The smallest absolute Gasteiger partial charge is 0.219 e. The summed E-state index contributed by atoms with van der Waals surface area (Å²) in [7, 11) is 0. The van der Waals surface area contributed by atoms with Crippen molar-refractivity contribution in [1.82, 2.24) is 10.3 Å². The van der Waals surface area contributed by atoms with Gasteiger partial charge in [0.15, 0.2) is 0 Å². The molecule has 1 aromatic heterocycles. The molecule has 0 aliphatic heterocycles. The van der Waals surface area contributed by atoms with Gasteiger partial charge < -0.3 is 10.1 Å². The number of hydrogen-bond donors (Lipinski definition) is 1. The monoisotopic (exact) mass is 288 g/mol. The molecule has 21 heavy (non-hydrogen) atoms. The molecule has 0 unspecified atom stereocenters. The Labute approximate surface area is 125 Å². The van der Waals surface area contributed by atoms with Crippen molar-refractivity contribution < 1.29 is 9.13 Å². The minimum absolute atomic E-state index is 0.0652. The first-order valence-electron chi connectivity index (χ1n) is 6.98. The molecule has 0 bridgehead atoms. The van der Waals surface area contributed by atoms with Gasteiger partial charge >= 0.3 is 0 Å². The van der Waals surface area contributed by atoms with Crippen LogP contribution in [0, 0.1) is 12.7 Å². The molecule has 0 aliphatic carbocycles. The molecule has 0 atom stereocenters. The fraction of sp³-hybridized carbons (Fsp3) is 0.353. The molecule has 1 aromatic carbocycles. The minimum Gasteiger partial charge on any atom is -0.439 e. The van der Waals surface area contributed by atoms with E-state index in [1.165, 1.54) is 12.1 Å². The van der Waals surface area contributed by atoms with E-state index in [9.17, 15) is 4.39 Å². The molecule has 112 valence electrons. The lowest BCUT2D eigenvalue weighted by Gasteiger charge is -2.21. The third kappa shape index (κ3) is 4.83. The van der Waals surface area contributed by atoms with E-state index in [1.807, 2.05) is 19.1 Å². The quantitative estimate of drug-likeness (QED) is 0.915. The molecule has 1 N–H and O–H groups in total. The van der Waals surface area contributed by atoms with Gasteiger partial charge in [-0.3, -0.25) is 0 Å². The Morgan fingerprint density at radius 2 is 1.76 bits per heavy atom. The molecule has 0 fully saturated rings. The normalized spacial score (nSPS) is 11.5. The van der Waals surface area contributed by atoms with Crippen molar-refractivity contribution in [2.24, 2.45) is 0 Å². The summed E-state index contributed by atoms with van der Waals surface area (Å²) in [4.78, 5) is 4.44. The van der Waals surface area contributed by atoms with Crippen molar-refractivity contribution in [3.63, 3.8) is 0 Å². The third-order valence-corrected chi connectivity index (χ3v) is 3.01. The second-order valence-electron chi connectivity index (χ2n) is 6.05. The highest BCUT2D eigenvalue weighted by Gasteiger charge is 2.10. The molecule has 0 spiro atoms. The van der Waals surface area contributed by atoms with Crippen LogP contribution in [0.4, 0.5) is 4.39 Å². The van der Waals surface area contributed by atoms with Crippen LogP contribution in [0.5, 0.6) is 11.6 Å². The number of aryl methyl sites for hydroxylation is 1. The molecule has 2 aromatic rings. The van der Waals surface area contributed by atoms with Crippen LogP contribution in [0.1, 0.15) is 32.0 Å². The highest BCUT2D eigenvalue weighted by atomic mass is 19.1. The van der Waals surface area contributed by atoms with Crippen molar-refractivity contribution in [3.05, 3.63) is 53.5 Å². The molecule has 4 heteroatoms. The van der Waals surface area contributed by atoms with Crippen molar-refractivity contribution in [2.45, 2.75) is 39.8 Å². The fourth-order valence-electron chi connectivity index (χ4n) is 1.79. The molecule has 0 radical (unpaired) electrons. The standard InChI is InChI=1S/C17H21FN2O/c1-12-13(11-19-17(2,3)4)5-10-16(20-12)21-15-8-6-14(18)7-9-15/h5-10,19H,11H2,1-4H3. The fourth-order valence-corrected chi connectivity index (χ4v) is 1.79. The highest BCUT2D eigenvalue weighted by molar-refractivity contribution is 5.30. The van der Waals surface area contributed by atoms with Crippen LogP contribution in [-0.2, 0) is 6.54 Å². The summed E-state index contributed by atoms with van der Waals surface area (Å²) < 4.78 is 18.5. The van der Waals surface area contributed by atoms with Crippen molar-refractivity contribution in [2.75, 3.05) is 0 Å². The first-order valence-corrected chi connectivity index (χ1v) is 6.98. The van der Waals surface area contributed by atoms with E-state index >= 15 is 0 Å².